The lowest BCUT2D eigenvalue weighted by Gasteiger charge is -2.35. The molecule has 314 valence electrons. The van der Waals surface area contributed by atoms with Crippen molar-refractivity contribution < 1.29 is 33.7 Å². The van der Waals surface area contributed by atoms with Gasteiger partial charge in [0.15, 0.2) is 6.10 Å². The maximum atomic E-state index is 13.0. The van der Waals surface area contributed by atoms with Crippen molar-refractivity contribution in [2.75, 3.05) is 6.61 Å². The Morgan fingerprint density at radius 3 is 0.868 bits per heavy atom. The van der Waals surface area contributed by atoms with Gasteiger partial charge in [0.2, 0.25) is 0 Å². The molecule has 0 saturated heterocycles. The molecule has 0 radical (unpaired) electrons. The van der Waals surface area contributed by atoms with Crippen LogP contribution in [0.1, 0.15) is 259 Å². The van der Waals surface area contributed by atoms with Crippen molar-refractivity contribution in [2.24, 2.45) is 0 Å². The van der Waals surface area contributed by atoms with E-state index in [2.05, 4.69) is 20.8 Å². The third-order valence-corrected chi connectivity index (χ3v) is 10.7. The number of carbonyl (C=O) groups is 3. The first kappa shape index (κ1) is 51.4. The lowest BCUT2D eigenvalue weighted by Crippen LogP contribution is -2.53. The van der Waals surface area contributed by atoms with Crippen molar-refractivity contribution in [1.82, 2.24) is 0 Å². The minimum Gasteiger partial charge on any atom is -0.454 e. The van der Waals surface area contributed by atoms with Crippen LogP contribution in [-0.4, -0.2) is 41.5 Å². The second kappa shape index (κ2) is 38.6. The molecule has 0 aliphatic rings. The number of hydrogen-bond acceptors (Lipinski definition) is 7. The van der Waals surface area contributed by atoms with E-state index in [1.807, 2.05) is 0 Å². The molecule has 53 heavy (non-hydrogen) atoms. The van der Waals surface area contributed by atoms with Crippen molar-refractivity contribution in [2.45, 2.75) is 271 Å². The Bertz CT molecular complexity index is 789. The predicted molar refractivity (Wildman–Crippen MR) is 221 cm³/mol. The molecule has 0 aromatic rings. The van der Waals surface area contributed by atoms with Crippen molar-refractivity contribution in [3.63, 3.8) is 0 Å². The van der Waals surface area contributed by atoms with E-state index in [1.54, 1.807) is 6.92 Å². The molecule has 1 N–H and O–H groups in total. The van der Waals surface area contributed by atoms with Gasteiger partial charge in [-0.2, -0.15) is 0 Å². The average Bonchev–Trinajstić information content (AvgIpc) is 3.14. The second-order valence-electron chi connectivity index (χ2n) is 15.9. The predicted octanol–water partition coefficient (Wildman–Crippen LogP) is 13.8. The molecule has 0 amide bonds. The Labute approximate surface area is 328 Å². The van der Waals surface area contributed by atoms with E-state index in [1.165, 1.54) is 141 Å². The molecule has 0 fully saturated rings. The molecule has 1 unspecified atom stereocenters. The number of ether oxygens (including phenoxy) is 3. The average molecular weight is 753 g/mol. The summed E-state index contributed by atoms with van der Waals surface area (Å²) >= 11 is 0. The quantitative estimate of drug-likeness (QED) is 0.0377. The molecule has 1 atom stereocenters. The van der Waals surface area contributed by atoms with Gasteiger partial charge in [0, 0.05) is 19.3 Å². The molecule has 0 bridgehead atoms. The highest BCUT2D eigenvalue weighted by Crippen LogP contribution is 2.25. The molecular formula is C46H88O7. The fraction of sp³-hybridized carbons (Fsp3) is 0.935. The Morgan fingerprint density at radius 1 is 0.396 bits per heavy atom. The minimum atomic E-state index is -2.05. The Balaban J connectivity index is 4.79. The van der Waals surface area contributed by atoms with Gasteiger partial charge in [-0.15, -0.1) is 0 Å². The molecule has 0 aliphatic heterocycles. The van der Waals surface area contributed by atoms with Crippen LogP contribution in [0.25, 0.3) is 0 Å². The molecule has 0 aromatic carbocycles. The lowest BCUT2D eigenvalue weighted by atomic mass is 10.1. The number of aliphatic hydroxyl groups excluding tert-OH is 1. The largest absolute Gasteiger partial charge is 0.454 e. The van der Waals surface area contributed by atoms with E-state index in [9.17, 15) is 19.5 Å². The normalized spacial score (nSPS) is 12.2. The van der Waals surface area contributed by atoms with Gasteiger partial charge >= 0.3 is 23.7 Å². The van der Waals surface area contributed by atoms with Gasteiger partial charge in [0.05, 0.1) is 0 Å². The summed E-state index contributed by atoms with van der Waals surface area (Å²) in [6.45, 7) is 7.49. The number of carbonyl (C=O) groups excluding carboxylic acids is 3. The minimum absolute atomic E-state index is 0.161. The van der Waals surface area contributed by atoms with Crippen LogP contribution < -0.4 is 0 Å². The summed E-state index contributed by atoms with van der Waals surface area (Å²) in [5, 5.41) is 10.5. The van der Waals surface area contributed by atoms with E-state index in [4.69, 9.17) is 14.2 Å². The number of hydrogen-bond donors (Lipinski definition) is 1. The van der Waals surface area contributed by atoms with Gasteiger partial charge in [0.25, 0.3) is 0 Å². The summed E-state index contributed by atoms with van der Waals surface area (Å²) < 4.78 is 17.1. The maximum absolute atomic E-state index is 13.0. The zero-order valence-electron chi connectivity index (χ0n) is 35.6. The van der Waals surface area contributed by atoms with Crippen LogP contribution >= 0.6 is 0 Å². The summed E-state index contributed by atoms with van der Waals surface area (Å²) in [4.78, 5) is 38.9. The third-order valence-electron chi connectivity index (χ3n) is 10.7. The molecule has 7 heteroatoms. The van der Waals surface area contributed by atoms with E-state index in [0.29, 0.717) is 19.3 Å². The van der Waals surface area contributed by atoms with E-state index < -0.39 is 36.4 Å². The Kier molecular flexibility index (Phi) is 37.4. The first-order chi connectivity index (χ1) is 25.8. The van der Waals surface area contributed by atoms with Crippen LogP contribution in [0.2, 0.25) is 0 Å². The van der Waals surface area contributed by atoms with Crippen LogP contribution in [0, 0.1) is 0 Å². The molecule has 0 saturated carbocycles. The van der Waals surface area contributed by atoms with Crippen molar-refractivity contribution >= 4 is 17.9 Å². The van der Waals surface area contributed by atoms with Gasteiger partial charge in [-0.3, -0.25) is 14.4 Å². The smallest absolute Gasteiger partial charge is 0.316 e. The maximum Gasteiger partial charge on any atom is 0.316 e. The van der Waals surface area contributed by atoms with Gasteiger partial charge in [-0.1, -0.05) is 213 Å². The standard InChI is InChI=1S/C46H88O7/c1-5-8-11-14-17-20-23-26-29-32-35-38-43(48)51-42(4)46(41-47,52-44(49)39-36-33-30-27-24-21-18-15-12-9-6-2)53-45(50)40-37-34-31-28-25-22-19-16-13-10-7-3/h42,47H,5-41H2,1-4H3. The highest BCUT2D eigenvalue weighted by Gasteiger charge is 2.46. The molecule has 7 nitrogen and oxygen atoms in total. The fourth-order valence-electron chi connectivity index (χ4n) is 7.01. The van der Waals surface area contributed by atoms with Gasteiger partial charge in [0.1, 0.15) is 6.61 Å². The molecular weight excluding hydrogens is 664 g/mol. The Morgan fingerprint density at radius 2 is 0.623 bits per heavy atom. The summed E-state index contributed by atoms with van der Waals surface area (Å²) in [5.41, 5.74) is 0. The molecule has 0 rings (SSSR count). The summed E-state index contributed by atoms with van der Waals surface area (Å²) in [6.07, 6.45) is 38.2. The summed E-state index contributed by atoms with van der Waals surface area (Å²) in [5.74, 6) is -3.58. The van der Waals surface area contributed by atoms with Crippen LogP contribution in [0.3, 0.4) is 0 Å². The van der Waals surface area contributed by atoms with Crippen LogP contribution in [0.5, 0.6) is 0 Å². The topological polar surface area (TPSA) is 99.1 Å². The molecule has 0 heterocycles. The number of rotatable bonds is 41. The summed E-state index contributed by atoms with van der Waals surface area (Å²) in [7, 11) is 0. The monoisotopic (exact) mass is 753 g/mol. The summed E-state index contributed by atoms with van der Waals surface area (Å²) in [6, 6.07) is 0. The van der Waals surface area contributed by atoms with E-state index in [-0.39, 0.29) is 19.3 Å². The zero-order chi connectivity index (χ0) is 39.1. The second-order valence-corrected chi connectivity index (χ2v) is 15.9. The molecule has 0 aliphatic carbocycles. The van der Waals surface area contributed by atoms with Crippen molar-refractivity contribution in [3.05, 3.63) is 0 Å². The number of unbranched alkanes of at least 4 members (excludes halogenated alkanes) is 30. The third kappa shape index (κ3) is 32.3. The zero-order valence-corrected chi connectivity index (χ0v) is 35.6. The van der Waals surface area contributed by atoms with E-state index in [0.717, 1.165) is 51.4 Å². The SMILES string of the molecule is CCCCCCCCCCCCCC(=O)OC(C)C(CO)(OC(=O)CCCCCCCCCCCCC)OC(=O)CCCCCCCCCCCCC. The van der Waals surface area contributed by atoms with Crippen LogP contribution in [0.15, 0.2) is 0 Å². The highest BCUT2D eigenvalue weighted by atomic mass is 16.8. The fourth-order valence-corrected chi connectivity index (χ4v) is 7.01. The van der Waals surface area contributed by atoms with Crippen molar-refractivity contribution in [3.8, 4) is 0 Å². The first-order valence-electron chi connectivity index (χ1n) is 23.1. The highest BCUT2D eigenvalue weighted by molar-refractivity contribution is 5.73. The number of esters is 3. The number of aliphatic hydroxyl groups is 1. The first-order valence-corrected chi connectivity index (χ1v) is 23.1. The van der Waals surface area contributed by atoms with Gasteiger partial charge < -0.3 is 19.3 Å². The van der Waals surface area contributed by atoms with Crippen molar-refractivity contribution in [1.29, 1.82) is 0 Å². The molecule has 0 spiro atoms. The van der Waals surface area contributed by atoms with Gasteiger partial charge in [-0.25, -0.2) is 0 Å². The van der Waals surface area contributed by atoms with Gasteiger partial charge in [-0.05, 0) is 26.2 Å². The van der Waals surface area contributed by atoms with Crippen LogP contribution in [-0.2, 0) is 28.6 Å². The molecule has 0 aromatic heterocycles. The Hall–Kier alpha value is -1.63. The van der Waals surface area contributed by atoms with E-state index >= 15 is 0 Å². The lowest BCUT2D eigenvalue weighted by molar-refractivity contribution is -0.274. The van der Waals surface area contributed by atoms with Crippen LogP contribution in [0.4, 0.5) is 0 Å².